The maximum absolute atomic E-state index is 9.23. The van der Waals surface area contributed by atoms with Crippen LogP contribution in [0.2, 0.25) is 0 Å². The van der Waals surface area contributed by atoms with Gasteiger partial charge in [-0.1, -0.05) is 25.1 Å². The van der Waals surface area contributed by atoms with Crippen molar-refractivity contribution >= 4 is 0 Å². The third kappa shape index (κ3) is 2.35. The van der Waals surface area contributed by atoms with Crippen molar-refractivity contribution < 1.29 is 5.11 Å². The normalized spacial score (nSPS) is 13.5. The van der Waals surface area contributed by atoms with E-state index in [0.717, 1.165) is 5.56 Å². The number of phenols is 1. The molecule has 0 heterocycles. The van der Waals surface area contributed by atoms with Gasteiger partial charge in [-0.05, 0) is 43.0 Å². The molecule has 0 saturated heterocycles. The zero-order chi connectivity index (χ0) is 9.84. The Bertz CT molecular complexity index is 313. The van der Waals surface area contributed by atoms with Crippen molar-refractivity contribution in [3.05, 3.63) is 41.5 Å². The lowest BCUT2D eigenvalue weighted by molar-refractivity contribution is 0.474. The summed E-state index contributed by atoms with van der Waals surface area (Å²) >= 11 is 0. The fourth-order valence-corrected chi connectivity index (χ4v) is 1.56. The molecule has 0 saturated carbocycles. The molecule has 0 spiro atoms. The minimum atomic E-state index is 0.342. The SMILES string of the molecule is CC=CC(C)c1ccc(O)cc1C. The zero-order valence-corrected chi connectivity index (χ0v) is 8.41. The molecule has 0 radical (unpaired) electrons. The first kappa shape index (κ1) is 9.85. The van der Waals surface area contributed by atoms with E-state index in [4.69, 9.17) is 0 Å². The van der Waals surface area contributed by atoms with Gasteiger partial charge in [0, 0.05) is 0 Å². The Kier molecular flexibility index (Phi) is 3.13. The first-order chi connectivity index (χ1) is 6.15. The molecule has 1 rings (SSSR count). The first-order valence-corrected chi connectivity index (χ1v) is 4.57. The van der Waals surface area contributed by atoms with Crippen LogP contribution in [0.4, 0.5) is 0 Å². The molecule has 0 aliphatic carbocycles. The Balaban J connectivity index is 3.01. The Morgan fingerprint density at radius 3 is 2.62 bits per heavy atom. The summed E-state index contributed by atoms with van der Waals surface area (Å²) in [5.74, 6) is 0.763. The summed E-state index contributed by atoms with van der Waals surface area (Å²) in [7, 11) is 0. The van der Waals surface area contributed by atoms with Crippen LogP contribution in [0.5, 0.6) is 5.75 Å². The third-order valence-electron chi connectivity index (χ3n) is 2.23. The summed E-state index contributed by atoms with van der Waals surface area (Å²) in [5, 5.41) is 9.23. The summed E-state index contributed by atoms with van der Waals surface area (Å²) in [6.45, 7) is 6.20. The Hall–Kier alpha value is -1.24. The average molecular weight is 176 g/mol. The molecular formula is C12H16O. The lowest BCUT2D eigenvalue weighted by atomic mass is 9.96. The molecule has 1 aromatic carbocycles. The van der Waals surface area contributed by atoms with Crippen LogP contribution in [0.15, 0.2) is 30.4 Å². The van der Waals surface area contributed by atoms with Gasteiger partial charge in [-0.15, -0.1) is 0 Å². The van der Waals surface area contributed by atoms with E-state index in [0.29, 0.717) is 11.7 Å². The molecular weight excluding hydrogens is 160 g/mol. The predicted octanol–water partition coefficient (Wildman–Crippen LogP) is 3.38. The van der Waals surface area contributed by atoms with Gasteiger partial charge >= 0.3 is 0 Å². The van der Waals surface area contributed by atoms with Crippen LogP contribution in [-0.4, -0.2) is 5.11 Å². The molecule has 1 aromatic rings. The van der Waals surface area contributed by atoms with Gasteiger partial charge in [0.2, 0.25) is 0 Å². The molecule has 0 bridgehead atoms. The van der Waals surface area contributed by atoms with Gasteiger partial charge in [-0.25, -0.2) is 0 Å². The van der Waals surface area contributed by atoms with E-state index in [2.05, 4.69) is 19.1 Å². The maximum atomic E-state index is 9.23. The maximum Gasteiger partial charge on any atom is 0.115 e. The van der Waals surface area contributed by atoms with E-state index < -0.39 is 0 Å². The molecule has 1 N–H and O–H groups in total. The molecule has 70 valence electrons. The van der Waals surface area contributed by atoms with E-state index in [9.17, 15) is 5.11 Å². The highest BCUT2D eigenvalue weighted by Gasteiger charge is 2.04. The first-order valence-electron chi connectivity index (χ1n) is 4.57. The van der Waals surface area contributed by atoms with Gasteiger partial charge in [-0.3, -0.25) is 0 Å². The molecule has 0 aliphatic heterocycles. The molecule has 1 heteroatoms. The number of phenolic OH excluding ortho intramolecular Hbond substituents is 1. The number of hydrogen-bond donors (Lipinski definition) is 1. The number of hydrogen-bond acceptors (Lipinski definition) is 1. The van der Waals surface area contributed by atoms with Crippen LogP contribution in [0.25, 0.3) is 0 Å². The van der Waals surface area contributed by atoms with Crippen LogP contribution in [0.3, 0.4) is 0 Å². The largest absolute Gasteiger partial charge is 0.508 e. The molecule has 0 aliphatic rings. The topological polar surface area (TPSA) is 20.2 Å². The third-order valence-corrected chi connectivity index (χ3v) is 2.23. The Morgan fingerprint density at radius 1 is 1.38 bits per heavy atom. The Labute approximate surface area is 79.7 Å². The quantitative estimate of drug-likeness (QED) is 0.685. The second-order valence-corrected chi connectivity index (χ2v) is 3.36. The number of rotatable bonds is 2. The van der Waals surface area contributed by atoms with Crippen molar-refractivity contribution in [2.45, 2.75) is 26.7 Å². The van der Waals surface area contributed by atoms with Gasteiger partial charge in [0.15, 0.2) is 0 Å². The lowest BCUT2D eigenvalue weighted by Crippen LogP contribution is -1.92. The summed E-state index contributed by atoms with van der Waals surface area (Å²) in [6, 6.07) is 5.52. The van der Waals surface area contributed by atoms with Crippen LogP contribution < -0.4 is 0 Å². The number of allylic oxidation sites excluding steroid dienone is 2. The molecule has 0 amide bonds. The number of aromatic hydroxyl groups is 1. The molecule has 0 fully saturated rings. The molecule has 1 nitrogen and oxygen atoms in total. The lowest BCUT2D eigenvalue weighted by Gasteiger charge is -2.10. The van der Waals surface area contributed by atoms with Crippen molar-refractivity contribution in [1.82, 2.24) is 0 Å². The summed E-state index contributed by atoms with van der Waals surface area (Å²) in [5.41, 5.74) is 2.42. The van der Waals surface area contributed by atoms with Crippen molar-refractivity contribution in [2.24, 2.45) is 0 Å². The molecule has 1 atom stereocenters. The van der Waals surface area contributed by atoms with Crippen LogP contribution in [0, 0.1) is 6.92 Å². The minimum Gasteiger partial charge on any atom is -0.508 e. The highest BCUT2D eigenvalue weighted by molar-refractivity contribution is 5.37. The Morgan fingerprint density at radius 2 is 2.08 bits per heavy atom. The van der Waals surface area contributed by atoms with Crippen LogP contribution in [0.1, 0.15) is 30.9 Å². The van der Waals surface area contributed by atoms with Gasteiger partial charge in [-0.2, -0.15) is 0 Å². The summed E-state index contributed by atoms with van der Waals surface area (Å²) < 4.78 is 0. The number of aryl methyl sites for hydroxylation is 1. The molecule has 1 unspecified atom stereocenters. The standard InChI is InChI=1S/C12H16O/c1-4-5-9(2)12-7-6-11(13)8-10(12)3/h4-9,13H,1-3H3. The second-order valence-electron chi connectivity index (χ2n) is 3.36. The zero-order valence-electron chi connectivity index (χ0n) is 8.41. The second kappa shape index (κ2) is 4.13. The fraction of sp³-hybridized carbons (Fsp3) is 0.333. The minimum absolute atomic E-state index is 0.342. The molecule has 0 aromatic heterocycles. The monoisotopic (exact) mass is 176 g/mol. The smallest absolute Gasteiger partial charge is 0.115 e. The van der Waals surface area contributed by atoms with Gasteiger partial charge in [0.1, 0.15) is 5.75 Å². The van der Waals surface area contributed by atoms with E-state index in [1.165, 1.54) is 5.56 Å². The van der Waals surface area contributed by atoms with E-state index >= 15 is 0 Å². The van der Waals surface area contributed by atoms with E-state index in [1.807, 2.05) is 19.9 Å². The predicted molar refractivity (Wildman–Crippen MR) is 56.1 cm³/mol. The summed E-state index contributed by atoms with van der Waals surface area (Å²) in [6.07, 6.45) is 4.20. The van der Waals surface area contributed by atoms with E-state index in [1.54, 1.807) is 12.1 Å². The average Bonchev–Trinajstić information content (AvgIpc) is 2.04. The van der Waals surface area contributed by atoms with Crippen molar-refractivity contribution in [1.29, 1.82) is 0 Å². The van der Waals surface area contributed by atoms with Gasteiger partial charge in [0.05, 0.1) is 0 Å². The van der Waals surface area contributed by atoms with Crippen molar-refractivity contribution in [3.63, 3.8) is 0 Å². The summed E-state index contributed by atoms with van der Waals surface area (Å²) in [4.78, 5) is 0. The van der Waals surface area contributed by atoms with Crippen LogP contribution in [-0.2, 0) is 0 Å². The highest BCUT2D eigenvalue weighted by Crippen LogP contribution is 2.23. The van der Waals surface area contributed by atoms with Gasteiger partial charge < -0.3 is 5.11 Å². The number of benzene rings is 1. The molecule has 13 heavy (non-hydrogen) atoms. The highest BCUT2D eigenvalue weighted by atomic mass is 16.3. The van der Waals surface area contributed by atoms with Crippen molar-refractivity contribution in [2.75, 3.05) is 0 Å². The fourth-order valence-electron chi connectivity index (χ4n) is 1.56. The van der Waals surface area contributed by atoms with Gasteiger partial charge in [0.25, 0.3) is 0 Å². The van der Waals surface area contributed by atoms with Crippen LogP contribution >= 0.6 is 0 Å². The van der Waals surface area contributed by atoms with Crippen molar-refractivity contribution in [3.8, 4) is 5.75 Å². The van der Waals surface area contributed by atoms with E-state index in [-0.39, 0.29) is 0 Å².